The molecule has 0 heterocycles. The lowest BCUT2D eigenvalue weighted by molar-refractivity contribution is 0.604. The fraction of sp³-hybridized carbons (Fsp3) is 0.778. The molecule has 0 nitrogen and oxygen atoms in total. The molecule has 66 valence electrons. The van der Waals surface area contributed by atoms with E-state index < -0.39 is 0 Å². The quantitative estimate of drug-likeness (QED) is 0.537. The summed E-state index contributed by atoms with van der Waals surface area (Å²) in [5.41, 5.74) is 1.40. The summed E-state index contributed by atoms with van der Waals surface area (Å²) < 4.78 is 0. The number of hydrogen-bond donors (Lipinski definition) is 0. The van der Waals surface area contributed by atoms with Gasteiger partial charge in [-0.15, -0.1) is 0 Å². The molecule has 1 atom stereocenters. The molecular weight excluding hydrogens is 268 g/mol. The number of alkyl halides is 2. The topological polar surface area (TPSA) is 0 Å². The van der Waals surface area contributed by atoms with E-state index in [1.807, 2.05) is 0 Å². The maximum atomic E-state index is 3.62. The largest absolute Gasteiger partial charge is 0.0880 e. The van der Waals surface area contributed by atoms with Crippen LogP contribution in [0.25, 0.3) is 0 Å². The van der Waals surface area contributed by atoms with Crippen molar-refractivity contribution in [3.8, 4) is 0 Å². The molecule has 2 heteroatoms. The summed E-state index contributed by atoms with van der Waals surface area (Å²) in [6.07, 6.45) is 3.49. The molecular formula is C9H16Br2. The van der Waals surface area contributed by atoms with Crippen LogP contribution in [0.3, 0.4) is 0 Å². The first kappa shape index (κ1) is 11.7. The predicted molar refractivity (Wildman–Crippen MR) is 59.7 cm³/mol. The fourth-order valence-corrected chi connectivity index (χ4v) is 2.26. The molecule has 0 saturated carbocycles. The SMILES string of the molecule is C/C(=C\C(Br)CC(C)C)CBr. The Morgan fingerprint density at radius 1 is 1.45 bits per heavy atom. The third-order valence-electron chi connectivity index (χ3n) is 1.37. The lowest BCUT2D eigenvalue weighted by Crippen LogP contribution is -2.00. The molecule has 0 saturated heterocycles. The van der Waals surface area contributed by atoms with Gasteiger partial charge >= 0.3 is 0 Å². The van der Waals surface area contributed by atoms with Crippen LogP contribution < -0.4 is 0 Å². The lowest BCUT2D eigenvalue weighted by Gasteiger charge is -2.08. The van der Waals surface area contributed by atoms with Crippen LogP contribution in [0.5, 0.6) is 0 Å². The fourth-order valence-electron chi connectivity index (χ4n) is 0.872. The Bertz CT molecular complexity index is 128. The van der Waals surface area contributed by atoms with Crippen molar-refractivity contribution < 1.29 is 0 Å². The third-order valence-corrected chi connectivity index (χ3v) is 2.90. The highest BCUT2D eigenvalue weighted by Gasteiger charge is 2.03. The number of allylic oxidation sites excluding steroid dienone is 2. The van der Waals surface area contributed by atoms with E-state index in [0.29, 0.717) is 4.83 Å². The third kappa shape index (κ3) is 7.07. The Hall–Kier alpha value is 0.700. The van der Waals surface area contributed by atoms with Crippen molar-refractivity contribution in [2.24, 2.45) is 5.92 Å². The minimum Gasteiger partial charge on any atom is -0.0880 e. The molecule has 0 aromatic heterocycles. The van der Waals surface area contributed by atoms with Crippen molar-refractivity contribution in [3.05, 3.63) is 11.6 Å². The zero-order chi connectivity index (χ0) is 8.85. The molecule has 0 fully saturated rings. The monoisotopic (exact) mass is 282 g/mol. The van der Waals surface area contributed by atoms with Gasteiger partial charge in [-0.1, -0.05) is 57.4 Å². The van der Waals surface area contributed by atoms with Crippen molar-refractivity contribution in [1.29, 1.82) is 0 Å². The first-order valence-corrected chi connectivity index (χ1v) is 5.97. The van der Waals surface area contributed by atoms with Gasteiger partial charge in [-0.25, -0.2) is 0 Å². The molecule has 0 N–H and O–H groups in total. The number of hydrogen-bond acceptors (Lipinski definition) is 0. The van der Waals surface area contributed by atoms with Gasteiger partial charge < -0.3 is 0 Å². The van der Waals surface area contributed by atoms with E-state index in [1.165, 1.54) is 12.0 Å². The minimum atomic E-state index is 0.542. The van der Waals surface area contributed by atoms with Gasteiger partial charge in [0.1, 0.15) is 0 Å². The van der Waals surface area contributed by atoms with Crippen LogP contribution in [-0.4, -0.2) is 10.2 Å². The number of halogens is 2. The molecule has 11 heavy (non-hydrogen) atoms. The van der Waals surface area contributed by atoms with E-state index in [9.17, 15) is 0 Å². The second-order valence-electron chi connectivity index (χ2n) is 3.29. The minimum absolute atomic E-state index is 0.542. The molecule has 0 bridgehead atoms. The van der Waals surface area contributed by atoms with Gasteiger partial charge in [0, 0.05) is 10.2 Å². The predicted octanol–water partition coefficient (Wildman–Crippen LogP) is 4.14. The molecule has 0 aliphatic heterocycles. The van der Waals surface area contributed by atoms with E-state index >= 15 is 0 Å². The van der Waals surface area contributed by atoms with Gasteiger partial charge in [0.15, 0.2) is 0 Å². The summed E-state index contributed by atoms with van der Waals surface area (Å²) in [7, 11) is 0. The molecule has 0 rings (SSSR count). The molecule has 0 aliphatic carbocycles. The second kappa shape index (κ2) is 6.24. The highest BCUT2D eigenvalue weighted by atomic mass is 79.9. The number of rotatable bonds is 4. The van der Waals surface area contributed by atoms with Crippen LogP contribution in [-0.2, 0) is 0 Å². The van der Waals surface area contributed by atoms with E-state index in [2.05, 4.69) is 58.7 Å². The van der Waals surface area contributed by atoms with E-state index in [-0.39, 0.29) is 0 Å². The highest BCUT2D eigenvalue weighted by molar-refractivity contribution is 9.09. The van der Waals surface area contributed by atoms with Gasteiger partial charge in [0.2, 0.25) is 0 Å². The van der Waals surface area contributed by atoms with Crippen LogP contribution in [0, 0.1) is 5.92 Å². The van der Waals surface area contributed by atoms with Gasteiger partial charge in [-0.3, -0.25) is 0 Å². The maximum absolute atomic E-state index is 3.62. The molecule has 0 aromatic carbocycles. The Morgan fingerprint density at radius 3 is 2.36 bits per heavy atom. The van der Waals surface area contributed by atoms with Gasteiger partial charge in [0.05, 0.1) is 0 Å². The van der Waals surface area contributed by atoms with Crippen molar-refractivity contribution in [2.45, 2.75) is 32.0 Å². The Labute approximate surface area is 86.7 Å². The highest BCUT2D eigenvalue weighted by Crippen LogP contribution is 2.16. The summed E-state index contributed by atoms with van der Waals surface area (Å²) in [4.78, 5) is 0.542. The average Bonchev–Trinajstić information content (AvgIpc) is 1.85. The lowest BCUT2D eigenvalue weighted by atomic mass is 10.1. The Morgan fingerprint density at radius 2 is 2.00 bits per heavy atom. The van der Waals surface area contributed by atoms with Gasteiger partial charge in [-0.2, -0.15) is 0 Å². The van der Waals surface area contributed by atoms with E-state index in [1.54, 1.807) is 0 Å². The Kier molecular flexibility index (Phi) is 6.64. The first-order chi connectivity index (χ1) is 5.06. The second-order valence-corrected chi connectivity index (χ2v) is 5.03. The molecule has 0 amide bonds. The summed E-state index contributed by atoms with van der Waals surface area (Å²) in [6, 6.07) is 0. The van der Waals surface area contributed by atoms with Crippen LogP contribution in [0.2, 0.25) is 0 Å². The van der Waals surface area contributed by atoms with Crippen LogP contribution in [0.4, 0.5) is 0 Å². The summed E-state index contributed by atoms with van der Waals surface area (Å²) >= 11 is 7.04. The maximum Gasteiger partial charge on any atom is 0.0330 e. The van der Waals surface area contributed by atoms with Crippen LogP contribution >= 0.6 is 31.9 Å². The summed E-state index contributed by atoms with van der Waals surface area (Å²) in [5.74, 6) is 0.763. The summed E-state index contributed by atoms with van der Waals surface area (Å²) in [6.45, 7) is 6.63. The van der Waals surface area contributed by atoms with Crippen molar-refractivity contribution >= 4 is 31.9 Å². The van der Waals surface area contributed by atoms with E-state index in [0.717, 1.165) is 11.2 Å². The smallest absolute Gasteiger partial charge is 0.0330 e. The molecule has 0 aliphatic rings. The summed E-state index contributed by atoms with van der Waals surface area (Å²) in [5, 5.41) is 0.979. The standard InChI is InChI=1S/C9H16Br2/c1-7(2)4-9(11)5-8(3)6-10/h5,7,9H,4,6H2,1-3H3/b8-5+. The molecule has 0 radical (unpaired) electrons. The van der Waals surface area contributed by atoms with Gasteiger partial charge in [0.25, 0.3) is 0 Å². The van der Waals surface area contributed by atoms with E-state index in [4.69, 9.17) is 0 Å². The molecule has 0 aromatic rings. The Balaban J connectivity index is 3.75. The van der Waals surface area contributed by atoms with Gasteiger partial charge in [-0.05, 0) is 19.3 Å². The molecule has 1 unspecified atom stereocenters. The first-order valence-electron chi connectivity index (χ1n) is 3.93. The average molecular weight is 284 g/mol. The van der Waals surface area contributed by atoms with Crippen molar-refractivity contribution in [1.82, 2.24) is 0 Å². The zero-order valence-electron chi connectivity index (χ0n) is 7.40. The van der Waals surface area contributed by atoms with Crippen LogP contribution in [0.15, 0.2) is 11.6 Å². The van der Waals surface area contributed by atoms with Crippen molar-refractivity contribution in [2.75, 3.05) is 5.33 Å². The zero-order valence-corrected chi connectivity index (χ0v) is 10.6. The van der Waals surface area contributed by atoms with Crippen LogP contribution in [0.1, 0.15) is 27.2 Å². The van der Waals surface area contributed by atoms with Crippen molar-refractivity contribution in [3.63, 3.8) is 0 Å². The normalized spacial score (nSPS) is 15.6. The molecule has 0 spiro atoms.